The monoisotopic (exact) mass is 376 g/mol. The number of nitrogens with one attached hydrogen (secondary N) is 2. The lowest BCUT2D eigenvalue weighted by Gasteiger charge is -2.31. The lowest BCUT2D eigenvalue weighted by molar-refractivity contribution is -0.121. The molecule has 1 amide bonds. The number of fused-ring (bicyclic) bond motifs is 1. The fourth-order valence-electron chi connectivity index (χ4n) is 3.74. The molecule has 1 aliphatic rings. The predicted molar refractivity (Wildman–Crippen MR) is 106 cm³/mol. The van der Waals surface area contributed by atoms with Crippen LogP contribution in [-0.4, -0.2) is 12.5 Å². The third kappa shape index (κ3) is 3.62. The second-order valence-electron chi connectivity index (χ2n) is 6.60. The molecule has 0 fully saturated rings. The molecular formula is C21H26ClFN2O. The average Bonchev–Trinajstić information content (AvgIpc) is 2.66. The first-order valence-corrected chi connectivity index (χ1v) is 9.00. The first-order valence-electron chi connectivity index (χ1n) is 9.00. The average molecular weight is 377 g/mol. The molecule has 26 heavy (non-hydrogen) atoms. The van der Waals surface area contributed by atoms with Crippen LogP contribution < -0.4 is 10.6 Å². The molecule has 0 saturated carbocycles. The van der Waals surface area contributed by atoms with Gasteiger partial charge in [0.25, 0.3) is 0 Å². The molecule has 0 saturated heterocycles. The summed E-state index contributed by atoms with van der Waals surface area (Å²) in [5, 5.41) is 6.11. The highest BCUT2D eigenvalue weighted by molar-refractivity contribution is 5.99. The van der Waals surface area contributed by atoms with Crippen molar-refractivity contribution in [2.24, 2.45) is 0 Å². The summed E-state index contributed by atoms with van der Waals surface area (Å²) in [6.45, 7) is 5.45. The lowest BCUT2D eigenvalue weighted by atomic mass is 9.75. The fraction of sp³-hybridized carbons (Fsp3) is 0.381. The molecule has 0 aromatic heterocycles. The number of anilines is 1. The molecule has 0 atom stereocenters. The van der Waals surface area contributed by atoms with Crippen molar-refractivity contribution >= 4 is 24.0 Å². The smallest absolute Gasteiger partial charge is 0.235 e. The largest absolute Gasteiger partial charge is 0.323 e. The molecule has 5 heteroatoms. The van der Waals surface area contributed by atoms with Crippen LogP contribution in [0.5, 0.6) is 0 Å². The number of hydrogen-bond acceptors (Lipinski definition) is 2. The Morgan fingerprint density at radius 1 is 1.15 bits per heavy atom. The molecule has 0 bridgehead atoms. The molecule has 0 aliphatic carbocycles. The summed E-state index contributed by atoms with van der Waals surface area (Å²) in [5.41, 5.74) is 2.30. The van der Waals surface area contributed by atoms with Gasteiger partial charge >= 0.3 is 0 Å². The predicted octanol–water partition coefficient (Wildman–Crippen LogP) is 4.59. The van der Waals surface area contributed by atoms with Crippen LogP contribution in [0, 0.1) is 5.82 Å². The van der Waals surface area contributed by atoms with Gasteiger partial charge in [0, 0.05) is 6.54 Å². The number of rotatable bonds is 5. The maximum Gasteiger partial charge on any atom is 0.235 e. The van der Waals surface area contributed by atoms with Gasteiger partial charge in [0.05, 0.1) is 11.1 Å². The van der Waals surface area contributed by atoms with Crippen LogP contribution in [0.3, 0.4) is 0 Å². The van der Waals surface area contributed by atoms with Gasteiger partial charge < -0.3 is 10.6 Å². The van der Waals surface area contributed by atoms with E-state index in [0.29, 0.717) is 25.8 Å². The molecule has 140 valence electrons. The SMILES string of the molecule is CCC(CC)(C(=O)Nc1ccc2c(c1F)CCNC2)c1ccccc1.Cl. The fourth-order valence-corrected chi connectivity index (χ4v) is 3.74. The van der Waals surface area contributed by atoms with E-state index < -0.39 is 5.41 Å². The Balaban J connectivity index is 0.00000243. The zero-order valence-electron chi connectivity index (χ0n) is 15.3. The topological polar surface area (TPSA) is 41.1 Å². The van der Waals surface area contributed by atoms with E-state index in [1.807, 2.05) is 50.2 Å². The summed E-state index contributed by atoms with van der Waals surface area (Å²) in [5.74, 6) is -0.432. The maximum atomic E-state index is 14.9. The van der Waals surface area contributed by atoms with E-state index >= 15 is 0 Å². The van der Waals surface area contributed by atoms with Crippen LogP contribution in [-0.2, 0) is 23.2 Å². The molecule has 2 aromatic carbocycles. The van der Waals surface area contributed by atoms with Crippen LogP contribution in [0.1, 0.15) is 43.4 Å². The van der Waals surface area contributed by atoms with Crippen molar-refractivity contribution in [3.05, 3.63) is 65.0 Å². The summed E-state index contributed by atoms with van der Waals surface area (Å²) >= 11 is 0. The van der Waals surface area contributed by atoms with Crippen molar-refractivity contribution in [3.8, 4) is 0 Å². The molecule has 3 nitrogen and oxygen atoms in total. The number of benzene rings is 2. The normalized spacial score (nSPS) is 13.5. The highest BCUT2D eigenvalue weighted by atomic mass is 35.5. The van der Waals surface area contributed by atoms with Gasteiger partial charge in [-0.15, -0.1) is 12.4 Å². The molecule has 0 unspecified atom stereocenters. The summed E-state index contributed by atoms with van der Waals surface area (Å²) in [6, 6.07) is 13.4. The maximum absolute atomic E-state index is 14.9. The number of hydrogen-bond donors (Lipinski definition) is 2. The highest BCUT2D eigenvalue weighted by Gasteiger charge is 2.37. The Kier molecular flexibility index (Phi) is 6.79. The van der Waals surface area contributed by atoms with Crippen LogP contribution in [0.4, 0.5) is 10.1 Å². The van der Waals surface area contributed by atoms with Crippen molar-refractivity contribution < 1.29 is 9.18 Å². The minimum atomic E-state index is -0.648. The van der Waals surface area contributed by atoms with E-state index in [9.17, 15) is 9.18 Å². The minimum Gasteiger partial charge on any atom is -0.323 e. The molecule has 1 aliphatic heterocycles. The van der Waals surface area contributed by atoms with E-state index in [2.05, 4.69) is 10.6 Å². The second-order valence-corrected chi connectivity index (χ2v) is 6.60. The van der Waals surface area contributed by atoms with Gasteiger partial charge in [0.15, 0.2) is 0 Å². The summed E-state index contributed by atoms with van der Waals surface area (Å²) in [4.78, 5) is 13.1. The number of halogens is 2. The van der Waals surface area contributed by atoms with Crippen molar-refractivity contribution in [2.75, 3.05) is 11.9 Å². The molecule has 2 N–H and O–H groups in total. The lowest BCUT2D eigenvalue weighted by Crippen LogP contribution is -2.39. The highest BCUT2D eigenvalue weighted by Crippen LogP contribution is 2.34. The van der Waals surface area contributed by atoms with Crippen molar-refractivity contribution in [2.45, 2.75) is 45.1 Å². The van der Waals surface area contributed by atoms with E-state index in [1.165, 1.54) is 0 Å². The first-order chi connectivity index (χ1) is 12.1. The van der Waals surface area contributed by atoms with Crippen molar-refractivity contribution in [3.63, 3.8) is 0 Å². The Labute approximate surface area is 160 Å². The van der Waals surface area contributed by atoms with Gasteiger partial charge in [-0.25, -0.2) is 4.39 Å². The zero-order chi connectivity index (χ0) is 17.9. The van der Waals surface area contributed by atoms with Crippen LogP contribution >= 0.6 is 12.4 Å². The van der Waals surface area contributed by atoms with Gasteiger partial charge in [-0.1, -0.05) is 50.2 Å². The molecule has 1 heterocycles. The molecule has 0 spiro atoms. The Bertz CT molecular complexity index is 760. The van der Waals surface area contributed by atoms with Crippen LogP contribution in [0.2, 0.25) is 0 Å². The number of carbonyl (C=O) groups excluding carboxylic acids is 1. The van der Waals surface area contributed by atoms with E-state index in [4.69, 9.17) is 0 Å². The molecule has 0 radical (unpaired) electrons. The molecule has 2 aromatic rings. The summed E-state index contributed by atoms with van der Waals surface area (Å²) < 4.78 is 14.9. The summed E-state index contributed by atoms with van der Waals surface area (Å²) in [7, 11) is 0. The van der Waals surface area contributed by atoms with E-state index in [1.54, 1.807) is 6.07 Å². The quantitative estimate of drug-likeness (QED) is 0.801. The van der Waals surface area contributed by atoms with Gasteiger partial charge in [-0.2, -0.15) is 0 Å². The Morgan fingerprint density at radius 2 is 1.85 bits per heavy atom. The third-order valence-electron chi connectivity index (χ3n) is 5.42. The Hall–Kier alpha value is -1.91. The standard InChI is InChI=1S/C21H25FN2O.ClH/c1-3-21(4-2,16-8-6-5-7-9-16)20(25)24-18-11-10-15-14-23-13-12-17(15)19(18)22;/h5-11,23H,3-4,12-14H2,1-2H3,(H,24,25);1H. The van der Waals surface area contributed by atoms with Crippen LogP contribution in [0.25, 0.3) is 0 Å². The molecule has 3 rings (SSSR count). The van der Waals surface area contributed by atoms with E-state index in [0.717, 1.165) is 23.2 Å². The number of amides is 1. The second kappa shape index (κ2) is 8.65. The molecular weight excluding hydrogens is 351 g/mol. The third-order valence-corrected chi connectivity index (χ3v) is 5.42. The Morgan fingerprint density at radius 3 is 2.50 bits per heavy atom. The van der Waals surface area contributed by atoms with Crippen LogP contribution in [0.15, 0.2) is 42.5 Å². The zero-order valence-corrected chi connectivity index (χ0v) is 16.1. The van der Waals surface area contributed by atoms with Crippen molar-refractivity contribution in [1.29, 1.82) is 0 Å². The van der Waals surface area contributed by atoms with Gasteiger partial charge in [0.2, 0.25) is 5.91 Å². The first kappa shape index (κ1) is 20.4. The van der Waals surface area contributed by atoms with Gasteiger partial charge in [-0.3, -0.25) is 4.79 Å². The van der Waals surface area contributed by atoms with Gasteiger partial charge in [-0.05, 0) is 48.6 Å². The van der Waals surface area contributed by atoms with Crippen molar-refractivity contribution in [1.82, 2.24) is 5.32 Å². The summed E-state index contributed by atoms with van der Waals surface area (Å²) in [6.07, 6.45) is 1.97. The van der Waals surface area contributed by atoms with Gasteiger partial charge in [0.1, 0.15) is 5.82 Å². The minimum absolute atomic E-state index is 0. The number of carbonyl (C=O) groups is 1. The van der Waals surface area contributed by atoms with E-state index in [-0.39, 0.29) is 29.8 Å².